The number of hydrogen-bond acceptors (Lipinski definition) is 1. The fraction of sp³-hybridized carbons (Fsp3) is 0.250. The summed E-state index contributed by atoms with van der Waals surface area (Å²) in [6.07, 6.45) is -0.910. The first kappa shape index (κ1) is 12.8. The zero-order valence-electron chi connectivity index (χ0n) is 10.9. The first-order chi connectivity index (χ1) is 8.50. The minimum atomic E-state index is -0.910. The molecule has 94 valence electrons. The molecule has 0 aromatic heterocycles. The molecule has 1 N–H and O–H groups in total. The van der Waals surface area contributed by atoms with Crippen LogP contribution in [0.25, 0.3) is 0 Å². The van der Waals surface area contributed by atoms with Crippen LogP contribution in [0.3, 0.4) is 0 Å². The number of aliphatic hydroxyl groups is 1. The molecule has 18 heavy (non-hydrogen) atoms. The highest BCUT2D eigenvalue weighted by molar-refractivity contribution is 5.43. The summed E-state index contributed by atoms with van der Waals surface area (Å²) in [5.74, 6) is -0.371. The second-order valence-corrected chi connectivity index (χ2v) is 4.74. The van der Waals surface area contributed by atoms with Gasteiger partial charge in [-0.1, -0.05) is 35.9 Å². The molecule has 1 unspecified atom stereocenters. The van der Waals surface area contributed by atoms with Crippen molar-refractivity contribution >= 4 is 0 Å². The van der Waals surface area contributed by atoms with E-state index in [0.717, 1.165) is 22.3 Å². The number of hydrogen-bond donors (Lipinski definition) is 1. The van der Waals surface area contributed by atoms with Crippen LogP contribution in [0, 0.1) is 26.6 Å². The average Bonchev–Trinajstić information content (AvgIpc) is 2.27. The topological polar surface area (TPSA) is 20.2 Å². The van der Waals surface area contributed by atoms with E-state index in [2.05, 4.69) is 0 Å². The van der Waals surface area contributed by atoms with Gasteiger partial charge in [0.1, 0.15) is 11.9 Å². The van der Waals surface area contributed by atoms with E-state index in [-0.39, 0.29) is 5.82 Å². The van der Waals surface area contributed by atoms with E-state index < -0.39 is 6.10 Å². The van der Waals surface area contributed by atoms with Crippen LogP contribution < -0.4 is 0 Å². The molecule has 0 aliphatic rings. The van der Waals surface area contributed by atoms with Gasteiger partial charge in [-0.2, -0.15) is 0 Å². The minimum Gasteiger partial charge on any atom is -0.384 e. The van der Waals surface area contributed by atoms with Crippen LogP contribution in [0.2, 0.25) is 0 Å². The molecule has 2 rings (SSSR count). The predicted octanol–water partition coefficient (Wildman–Crippen LogP) is 3.83. The van der Waals surface area contributed by atoms with Gasteiger partial charge >= 0.3 is 0 Å². The maximum absolute atomic E-state index is 13.7. The summed E-state index contributed by atoms with van der Waals surface area (Å²) in [6, 6.07) is 10.4. The van der Waals surface area contributed by atoms with Crippen LogP contribution in [-0.2, 0) is 0 Å². The van der Waals surface area contributed by atoms with E-state index in [9.17, 15) is 9.50 Å². The van der Waals surface area contributed by atoms with Crippen molar-refractivity contribution in [3.8, 4) is 0 Å². The van der Waals surface area contributed by atoms with Gasteiger partial charge in [0, 0.05) is 5.56 Å². The molecule has 0 fully saturated rings. The zero-order chi connectivity index (χ0) is 13.3. The monoisotopic (exact) mass is 244 g/mol. The molecular weight excluding hydrogens is 227 g/mol. The molecule has 0 heterocycles. The summed E-state index contributed by atoms with van der Waals surface area (Å²) in [7, 11) is 0. The van der Waals surface area contributed by atoms with Gasteiger partial charge in [-0.25, -0.2) is 4.39 Å². The van der Waals surface area contributed by atoms with Crippen molar-refractivity contribution < 1.29 is 9.50 Å². The third kappa shape index (κ3) is 2.29. The lowest BCUT2D eigenvalue weighted by Crippen LogP contribution is -2.07. The lowest BCUT2D eigenvalue weighted by Gasteiger charge is -2.18. The lowest BCUT2D eigenvalue weighted by atomic mass is 9.92. The summed E-state index contributed by atoms with van der Waals surface area (Å²) >= 11 is 0. The third-order valence-electron chi connectivity index (χ3n) is 3.21. The summed E-state index contributed by atoms with van der Waals surface area (Å²) in [5, 5.41) is 10.4. The second-order valence-electron chi connectivity index (χ2n) is 4.74. The van der Waals surface area contributed by atoms with Crippen molar-refractivity contribution in [2.24, 2.45) is 0 Å². The Morgan fingerprint density at radius 1 is 1.00 bits per heavy atom. The van der Waals surface area contributed by atoms with Crippen LogP contribution in [0.1, 0.15) is 33.9 Å². The highest BCUT2D eigenvalue weighted by Gasteiger charge is 2.18. The van der Waals surface area contributed by atoms with Crippen LogP contribution in [0.4, 0.5) is 4.39 Å². The molecular formula is C16H17FO. The molecule has 0 spiro atoms. The molecule has 0 saturated heterocycles. The van der Waals surface area contributed by atoms with Gasteiger partial charge in [0.2, 0.25) is 0 Å². The highest BCUT2D eigenvalue weighted by Crippen LogP contribution is 2.29. The fourth-order valence-corrected chi connectivity index (χ4v) is 2.47. The zero-order valence-corrected chi connectivity index (χ0v) is 10.9. The summed E-state index contributed by atoms with van der Waals surface area (Å²) in [4.78, 5) is 0. The number of rotatable bonds is 2. The Bertz CT molecular complexity index is 552. The molecule has 2 heteroatoms. The Labute approximate surface area is 107 Å². The molecule has 0 amide bonds. The van der Waals surface area contributed by atoms with Gasteiger partial charge in [0.15, 0.2) is 0 Å². The van der Waals surface area contributed by atoms with Crippen molar-refractivity contribution in [1.29, 1.82) is 0 Å². The van der Waals surface area contributed by atoms with Crippen molar-refractivity contribution in [2.75, 3.05) is 0 Å². The summed E-state index contributed by atoms with van der Waals surface area (Å²) in [6.45, 7) is 5.90. The summed E-state index contributed by atoms with van der Waals surface area (Å²) in [5.41, 5.74) is 4.25. The molecule has 0 bridgehead atoms. The van der Waals surface area contributed by atoms with E-state index >= 15 is 0 Å². The first-order valence-electron chi connectivity index (χ1n) is 6.01. The van der Waals surface area contributed by atoms with Crippen molar-refractivity contribution in [3.05, 3.63) is 70.0 Å². The van der Waals surface area contributed by atoms with E-state index in [4.69, 9.17) is 0 Å². The predicted molar refractivity (Wildman–Crippen MR) is 71.1 cm³/mol. The van der Waals surface area contributed by atoms with Crippen LogP contribution >= 0.6 is 0 Å². The Kier molecular flexibility index (Phi) is 3.48. The molecule has 0 radical (unpaired) electrons. The highest BCUT2D eigenvalue weighted by atomic mass is 19.1. The van der Waals surface area contributed by atoms with Crippen LogP contribution in [0.15, 0.2) is 36.4 Å². The molecule has 1 atom stereocenters. The normalized spacial score (nSPS) is 12.5. The van der Waals surface area contributed by atoms with Crippen molar-refractivity contribution in [1.82, 2.24) is 0 Å². The van der Waals surface area contributed by atoms with Crippen LogP contribution in [0.5, 0.6) is 0 Å². The Morgan fingerprint density at radius 3 is 2.11 bits per heavy atom. The smallest absolute Gasteiger partial charge is 0.129 e. The second kappa shape index (κ2) is 4.91. The van der Waals surface area contributed by atoms with Gasteiger partial charge < -0.3 is 5.11 Å². The Morgan fingerprint density at radius 2 is 1.56 bits per heavy atom. The van der Waals surface area contributed by atoms with Crippen LogP contribution in [-0.4, -0.2) is 5.11 Å². The number of benzene rings is 2. The maximum Gasteiger partial charge on any atom is 0.129 e. The Hall–Kier alpha value is -1.67. The van der Waals surface area contributed by atoms with Crippen molar-refractivity contribution in [3.63, 3.8) is 0 Å². The van der Waals surface area contributed by atoms with Gasteiger partial charge in [-0.05, 0) is 43.5 Å². The third-order valence-corrected chi connectivity index (χ3v) is 3.21. The van der Waals surface area contributed by atoms with Gasteiger partial charge in [-0.15, -0.1) is 0 Å². The minimum absolute atomic E-state index is 0.326. The van der Waals surface area contributed by atoms with E-state index in [1.165, 1.54) is 6.07 Å². The number of aryl methyl sites for hydroxylation is 3. The quantitative estimate of drug-likeness (QED) is 0.851. The molecule has 0 aliphatic carbocycles. The fourth-order valence-electron chi connectivity index (χ4n) is 2.47. The van der Waals surface area contributed by atoms with E-state index in [1.54, 1.807) is 18.2 Å². The van der Waals surface area contributed by atoms with Gasteiger partial charge in [0.05, 0.1) is 0 Å². The maximum atomic E-state index is 13.7. The molecule has 2 aromatic rings. The number of aliphatic hydroxyl groups excluding tert-OH is 1. The van der Waals surface area contributed by atoms with E-state index in [1.807, 2.05) is 32.9 Å². The molecule has 0 aliphatic heterocycles. The largest absolute Gasteiger partial charge is 0.384 e. The van der Waals surface area contributed by atoms with Gasteiger partial charge in [0.25, 0.3) is 0 Å². The van der Waals surface area contributed by atoms with Gasteiger partial charge in [-0.3, -0.25) is 0 Å². The lowest BCUT2D eigenvalue weighted by molar-refractivity contribution is 0.213. The van der Waals surface area contributed by atoms with Crippen molar-refractivity contribution in [2.45, 2.75) is 26.9 Å². The standard InChI is InChI=1S/C16H17FO/c1-10-8-11(2)15(12(3)9-10)16(18)13-6-4-5-7-14(13)17/h4-9,16,18H,1-3H3. The van der Waals surface area contributed by atoms with E-state index in [0.29, 0.717) is 5.56 Å². The molecule has 0 saturated carbocycles. The summed E-state index contributed by atoms with van der Waals surface area (Å²) < 4.78 is 13.7. The SMILES string of the molecule is Cc1cc(C)c(C(O)c2ccccc2F)c(C)c1. The average molecular weight is 244 g/mol. The molecule has 1 nitrogen and oxygen atoms in total. The number of halogens is 1. The molecule has 2 aromatic carbocycles. The Balaban J connectivity index is 2.53. The first-order valence-corrected chi connectivity index (χ1v) is 6.01.